The highest BCUT2D eigenvalue weighted by Gasteiger charge is 2.33. The lowest BCUT2D eigenvalue weighted by atomic mass is 10.00. The van der Waals surface area contributed by atoms with Crippen LogP contribution in [-0.4, -0.2) is 31.6 Å². The van der Waals surface area contributed by atoms with E-state index in [4.69, 9.17) is 18.9 Å². The van der Waals surface area contributed by atoms with Gasteiger partial charge in [0.25, 0.3) is 0 Å². The number of allylic oxidation sites excluding steroid dienone is 1. The number of carbonyl (C=O) groups excluding carboxylic acids is 1. The molecule has 0 spiro atoms. The molecule has 2 aliphatic heterocycles. The van der Waals surface area contributed by atoms with Crippen molar-refractivity contribution in [2.45, 2.75) is 20.0 Å². The van der Waals surface area contributed by atoms with Gasteiger partial charge in [0.2, 0.25) is 5.78 Å². The van der Waals surface area contributed by atoms with Gasteiger partial charge in [-0.3, -0.25) is 9.69 Å². The van der Waals surface area contributed by atoms with Crippen LogP contribution in [0.1, 0.15) is 31.9 Å². The van der Waals surface area contributed by atoms with Gasteiger partial charge in [0.15, 0.2) is 5.76 Å². The Morgan fingerprint density at radius 1 is 1.16 bits per heavy atom. The van der Waals surface area contributed by atoms with Crippen LogP contribution in [0.2, 0.25) is 0 Å². The number of hydrogen-bond acceptors (Lipinski definition) is 7. The lowest BCUT2D eigenvalue weighted by molar-refractivity contribution is 0.0886. The molecule has 0 amide bonds. The lowest BCUT2D eigenvalue weighted by Gasteiger charge is -2.30. The Morgan fingerprint density at radius 3 is 2.78 bits per heavy atom. The second kappa shape index (κ2) is 8.33. The smallest absolute Gasteiger partial charge is 0.231 e. The highest BCUT2D eigenvalue weighted by Crippen LogP contribution is 2.43. The molecule has 0 saturated carbocycles. The molecule has 3 aromatic rings. The van der Waals surface area contributed by atoms with Crippen molar-refractivity contribution in [2.75, 3.05) is 21.0 Å². The van der Waals surface area contributed by atoms with E-state index in [2.05, 4.69) is 22.4 Å². The summed E-state index contributed by atoms with van der Waals surface area (Å²) < 4.78 is 22.8. The molecule has 164 valence electrons. The van der Waals surface area contributed by atoms with Crippen molar-refractivity contribution in [2.24, 2.45) is 0 Å². The maximum atomic E-state index is 13.2. The predicted molar refractivity (Wildman–Crippen MR) is 123 cm³/mol. The Hall–Kier alpha value is -3.29. The first-order valence-electron chi connectivity index (χ1n) is 10.3. The molecule has 0 fully saturated rings. The monoisotopic (exact) mass is 449 g/mol. The number of ether oxygens (including phenoxy) is 4. The van der Waals surface area contributed by atoms with Gasteiger partial charge in [-0.15, -0.1) is 11.3 Å². The van der Waals surface area contributed by atoms with Crippen molar-refractivity contribution in [3.63, 3.8) is 0 Å². The predicted octanol–water partition coefficient (Wildman–Crippen LogP) is 5.04. The lowest BCUT2D eigenvalue weighted by Crippen LogP contribution is -2.31. The number of ketones is 1. The van der Waals surface area contributed by atoms with E-state index < -0.39 is 0 Å². The summed E-state index contributed by atoms with van der Waals surface area (Å²) in [7, 11) is 3.18. The van der Waals surface area contributed by atoms with Crippen molar-refractivity contribution in [1.29, 1.82) is 0 Å². The van der Waals surface area contributed by atoms with E-state index in [0.717, 1.165) is 35.5 Å². The number of thiophene rings is 1. The van der Waals surface area contributed by atoms with Crippen molar-refractivity contribution in [3.05, 3.63) is 74.7 Å². The maximum absolute atomic E-state index is 13.2. The first-order valence-corrected chi connectivity index (χ1v) is 11.2. The molecular weight excluding hydrogens is 426 g/mol. The summed E-state index contributed by atoms with van der Waals surface area (Å²) in [5.41, 5.74) is 3.17. The third-order valence-electron chi connectivity index (χ3n) is 5.69. The highest BCUT2D eigenvalue weighted by atomic mass is 32.1. The molecule has 3 heterocycles. The first kappa shape index (κ1) is 20.6. The van der Waals surface area contributed by atoms with Crippen LogP contribution in [0.15, 0.2) is 47.5 Å². The van der Waals surface area contributed by atoms with Crippen molar-refractivity contribution < 1.29 is 23.7 Å². The number of benzene rings is 2. The molecule has 0 unspecified atom stereocenters. The largest absolute Gasteiger partial charge is 0.497 e. The average Bonchev–Trinajstić information content (AvgIpc) is 3.43. The van der Waals surface area contributed by atoms with Gasteiger partial charge in [-0.1, -0.05) is 6.07 Å². The van der Waals surface area contributed by atoms with Crippen LogP contribution in [0.25, 0.3) is 6.08 Å². The second-order valence-corrected chi connectivity index (χ2v) is 8.79. The Bertz CT molecular complexity index is 1220. The fraction of sp³-hybridized carbons (Fsp3) is 0.240. The number of rotatable bonds is 5. The van der Waals surface area contributed by atoms with E-state index in [0.29, 0.717) is 29.5 Å². The standard InChI is InChI=1S/C25H23NO5S/c1-15-24-17(12-26(14-30-24)13-19-5-4-8-32-19)9-20-23(27)22(31-25(15)20)10-16-6-7-18(28-2)11-21(16)29-3/h4-11H,12-14H2,1-3H3/b22-10-. The minimum absolute atomic E-state index is 0.140. The average molecular weight is 450 g/mol. The van der Waals surface area contributed by atoms with E-state index in [1.807, 2.05) is 25.1 Å². The third-order valence-corrected chi connectivity index (χ3v) is 6.55. The van der Waals surface area contributed by atoms with Crippen LogP contribution >= 0.6 is 11.3 Å². The normalized spacial score (nSPS) is 16.3. The molecule has 2 aliphatic rings. The zero-order chi connectivity index (χ0) is 22.2. The van der Waals surface area contributed by atoms with Gasteiger partial charge in [0.05, 0.1) is 19.8 Å². The molecular formula is C25H23NO5S. The SMILES string of the molecule is COc1ccc(/C=C2\Oc3c(cc4c(c3C)OCN(Cc3cccs3)C4)C2=O)c(OC)c1. The minimum Gasteiger partial charge on any atom is -0.497 e. The van der Waals surface area contributed by atoms with Crippen molar-refractivity contribution in [3.8, 4) is 23.0 Å². The van der Waals surface area contributed by atoms with Gasteiger partial charge < -0.3 is 18.9 Å². The quantitative estimate of drug-likeness (QED) is 0.509. The van der Waals surface area contributed by atoms with E-state index in [9.17, 15) is 4.79 Å². The molecule has 2 aromatic carbocycles. The molecule has 0 bridgehead atoms. The summed E-state index contributed by atoms with van der Waals surface area (Å²) in [6.45, 7) is 3.99. The van der Waals surface area contributed by atoms with Crippen LogP contribution in [-0.2, 0) is 13.1 Å². The van der Waals surface area contributed by atoms with Gasteiger partial charge in [0, 0.05) is 40.7 Å². The molecule has 1 aromatic heterocycles. The first-order chi connectivity index (χ1) is 15.6. The number of nitrogens with zero attached hydrogens (tertiary/aromatic N) is 1. The number of hydrogen-bond donors (Lipinski definition) is 0. The van der Waals surface area contributed by atoms with Crippen LogP contribution in [0.5, 0.6) is 23.0 Å². The molecule has 6 nitrogen and oxygen atoms in total. The molecule has 0 aliphatic carbocycles. The molecule has 0 saturated heterocycles. The summed E-state index contributed by atoms with van der Waals surface area (Å²) >= 11 is 1.73. The topological polar surface area (TPSA) is 57.2 Å². The van der Waals surface area contributed by atoms with Crippen LogP contribution in [0, 0.1) is 6.92 Å². The molecule has 0 radical (unpaired) electrons. The summed E-state index contributed by atoms with van der Waals surface area (Å²) in [6.07, 6.45) is 1.71. The van der Waals surface area contributed by atoms with Gasteiger partial charge >= 0.3 is 0 Å². The number of fused-ring (bicyclic) bond motifs is 2. The Morgan fingerprint density at radius 2 is 2.03 bits per heavy atom. The number of carbonyl (C=O) groups is 1. The van der Waals surface area contributed by atoms with Crippen LogP contribution in [0.4, 0.5) is 0 Å². The third kappa shape index (κ3) is 3.63. The van der Waals surface area contributed by atoms with Gasteiger partial charge in [-0.05, 0) is 42.6 Å². The van der Waals surface area contributed by atoms with E-state index in [-0.39, 0.29) is 11.5 Å². The molecule has 32 heavy (non-hydrogen) atoms. The number of methoxy groups -OCH3 is 2. The Kier molecular flexibility index (Phi) is 5.36. The molecule has 0 atom stereocenters. The van der Waals surface area contributed by atoms with E-state index in [1.54, 1.807) is 37.7 Å². The Labute approximate surface area is 190 Å². The molecule has 5 rings (SSSR count). The fourth-order valence-electron chi connectivity index (χ4n) is 4.10. The van der Waals surface area contributed by atoms with Crippen molar-refractivity contribution in [1.82, 2.24) is 4.90 Å². The maximum Gasteiger partial charge on any atom is 0.231 e. The van der Waals surface area contributed by atoms with Crippen molar-refractivity contribution >= 4 is 23.2 Å². The van der Waals surface area contributed by atoms with Gasteiger partial charge in [-0.25, -0.2) is 0 Å². The summed E-state index contributed by atoms with van der Waals surface area (Å²) in [5, 5.41) is 2.08. The summed E-state index contributed by atoms with van der Waals surface area (Å²) in [6, 6.07) is 11.5. The molecule has 7 heteroatoms. The van der Waals surface area contributed by atoms with Gasteiger partial charge in [-0.2, -0.15) is 0 Å². The summed E-state index contributed by atoms with van der Waals surface area (Å²) in [5.74, 6) is 2.79. The Balaban J connectivity index is 1.45. The highest BCUT2D eigenvalue weighted by molar-refractivity contribution is 7.09. The zero-order valence-electron chi connectivity index (χ0n) is 18.1. The fourth-order valence-corrected chi connectivity index (χ4v) is 4.85. The minimum atomic E-state index is -0.140. The van der Waals surface area contributed by atoms with Crippen LogP contribution in [0.3, 0.4) is 0 Å². The number of Topliss-reactive ketones (excluding diaryl/α,β-unsaturated/α-hetero) is 1. The zero-order valence-corrected chi connectivity index (χ0v) is 19.0. The molecule has 0 N–H and O–H groups in total. The second-order valence-electron chi connectivity index (χ2n) is 7.75. The van der Waals surface area contributed by atoms with Gasteiger partial charge in [0.1, 0.15) is 29.7 Å². The van der Waals surface area contributed by atoms with E-state index >= 15 is 0 Å². The van der Waals surface area contributed by atoms with E-state index in [1.165, 1.54) is 4.88 Å². The van der Waals surface area contributed by atoms with Crippen LogP contribution < -0.4 is 18.9 Å². The summed E-state index contributed by atoms with van der Waals surface area (Å²) in [4.78, 5) is 16.7.